The molecule has 3 rings (SSSR count). The van der Waals surface area contributed by atoms with Crippen LogP contribution in [0.2, 0.25) is 0 Å². The highest BCUT2D eigenvalue weighted by atomic mass is 16.6. The van der Waals surface area contributed by atoms with E-state index in [4.69, 9.17) is 9.47 Å². The van der Waals surface area contributed by atoms with Crippen LogP contribution in [0.25, 0.3) is 0 Å². The Kier molecular flexibility index (Phi) is 7.02. The largest absolute Gasteiger partial charge is 0.448 e. The van der Waals surface area contributed by atoms with Gasteiger partial charge in [-0.3, -0.25) is 9.59 Å². The monoisotopic (exact) mass is 417 g/mol. The minimum atomic E-state index is -0.939. The van der Waals surface area contributed by atoms with Gasteiger partial charge in [0.1, 0.15) is 11.4 Å². The molecule has 162 valence electrons. The van der Waals surface area contributed by atoms with Gasteiger partial charge in [0.2, 0.25) is 0 Å². The summed E-state index contributed by atoms with van der Waals surface area (Å²) in [6.07, 6.45) is 1.89. The van der Waals surface area contributed by atoms with Gasteiger partial charge in [0.25, 0.3) is 11.8 Å². The van der Waals surface area contributed by atoms with E-state index in [1.807, 2.05) is 0 Å². The Morgan fingerprint density at radius 2 is 1.13 bits per heavy atom. The molecular weight excluding hydrogens is 390 g/mol. The number of rotatable bonds is 6. The summed E-state index contributed by atoms with van der Waals surface area (Å²) in [5.41, 5.74) is -0.215. The first-order valence-electron chi connectivity index (χ1n) is 10.3. The van der Waals surface area contributed by atoms with Crippen molar-refractivity contribution in [2.75, 3.05) is 26.2 Å². The van der Waals surface area contributed by atoms with E-state index in [0.29, 0.717) is 26.2 Å². The van der Waals surface area contributed by atoms with Gasteiger partial charge in [-0.1, -0.05) is 6.07 Å². The SMILES string of the molecule is C[C@H](OC(=O)c1cccc(C(=O)O[C@@H](C)C(=O)N2CCCC2)n1)C(=O)N1CCCC1. The molecule has 2 saturated heterocycles. The quantitative estimate of drug-likeness (QED) is 0.644. The molecule has 0 spiro atoms. The van der Waals surface area contributed by atoms with Crippen molar-refractivity contribution in [3.63, 3.8) is 0 Å². The van der Waals surface area contributed by atoms with Crippen LogP contribution in [0.3, 0.4) is 0 Å². The van der Waals surface area contributed by atoms with Crippen molar-refractivity contribution in [3.05, 3.63) is 29.6 Å². The lowest BCUT2D eigenvalue weighted by Crippen LogP contribution is -2.38. The summed E-state index contributed by atoms with van der Waals surface area (Å²) in [7, 11) is 0. The Morgan fingerprint density at radius 1 is 0.767 bits per heavy atom. The summed E-state index contributed by atoms with van der Waals surface area (Å²) >= 11 is 0. The predicted molar refractivity (Wildman–Crippen MR) is 106 cm³/mol. The van der Waals surface area contributed by atoms with Crippen LogP contribution in [-0.4, -0.2) is 76.9 Å². The van der Waals surface area contributed by atoms with E-state index in [1.165, 1.54) is 32.0 Å². The molecule has 1 aromatic heterocycles. The number of aromatic nitrogens is 1. The summed E-state index contributed by atoms with van der Waals surface area (Å²) in [4.78, 5) is 56.7. The van der Waals surface area contributed by atoms with Crippen LogP contribution in [-0.2, 0) is 19.1 Å². The number of carbonyl (C=O) groups is 4. The molecule has 1 aromatic rings. The van der Waals surface area contributed by atoms with Crippen LogP contribution < -0.4 is 0 Å². The molecule has 9 heteroatoms. The molecule has 0 bridgehead atoms. The fraction of sp³-hybridized carbons (Fsp3) is 0.571. The maximum Gasteiger partial charge on any atom is 0.357 e. The summed E-state index contributed by atoms with van der Waals surface area (Å²) in [6.45, 7) is 5.68. The predicted octanol–water partition coefficient (Wildman–Crippen LogP) is 1.42. The molecule has 0 N–H and O–H groups in total. The number of hydrogen-bond donors (Lipinski definition) is 0. The van der Waals surface area contributed by atoms with Crippen LogP contribution in [0.4, 0.5) is 0 Å². The fourth-order valence-electron chi connectivity index (χ4n) is 3.59. The van der Waals surface area contributed by atoms with Gasteiger partial charge in [-0.25, -0.2) is 14.6 Å². The van der Waals surface area contributed by atoms with Gasteiger partial charge in [0.05, 0.1) is 0 Å². The van der Waals surface area contributed by atoms with Crippen LogP contribution >= 0.6 is 0 Å². The average molecular weight is 417 g/mol. The second-order valence-corrected chi connectivity index (χ2v) is 7.57. The van der Waals surface area contributed by atoms with Gasteiger partial charge in [-0.05, 0) is 51.7 Å². The first-order valence-corrected chi connectivity index (χ1v) is 10.3. The zero-order chi connectivity index (χ0) is 21.7. The molecular formula is C21H27N3O6. The lowest BCUT2D eigenvalue weighted by Gasteiger charge is -2.20. The smallest absolute Gasteiger partial charge is 0.357 e. The molecule has 3 heterocycles. The Bertz CT molecular complexity index is 751. The van der Waals surface area contributed by atoms with Crippen molar-refractivity contribution in [2.24, 2.45) is 0 Å². The summed E-state index contributed by atoms with van der Waals surface area (Å²) in [6, 6.07) is 4.26. The number of likely N-dealkylation sites (tertiary alicyclic amines) is 2. The molecule has 0 aromatic carbocycles. The zero-order valence-electron chi connectivity index (χ0n) is 17.3. The zero-order valence-corrected chi connectivity index (χ0v) is 17.3. The van der Waals surface area contributed by atoms with Gasteiger partial charge >= 0.3 is 11.9 Å². The van der Waals surface area contributed by atoms with E-state index >= 15 is 0 Å². The van der Waals surface area contributed by atoms with Crippen LogP contribution in [0, 0.1) is 0 Å². The highest BCUT2D eigenvalue weighted by molar-refractivity contribution is 5.94. The van der Waals surface area contributed by atoms with Crippen LogP contribution in [0.5, 0.6) is 0 Å². The van der Waals surface area contributed by atoms with Crippen molar-refractivity contribution < 1.29 is 28.7 Å². The van der Waals surface area contributed by atoms with Gasteiger partial charge in [0, 0.05) is 26.2 Å². The second kappa shape index (κ2) is 9.69. The lowest BCUT2D eigenvalue weighted by atomic mass is 10.3. The lowest BCUT2D eigenvalue weighted by molar-refractivity contribution is -0.139. The molecule has 0 saturated carbocycles. The number of ether oxygens (including phenoxy) is 2. The van der Waals surface area contributed by atoms with E-state index in [0.717, 1.165) is 25.7 Å². The van der Waals surface area contributed by atoms with Gasteiger partial charge in [-0.15, -0.1) is 0 Å². The third-order valence-corrected chi connectivity index (χ3v) is 5.27. The standard InChI is InChI=1S/C21H27N3O6/c1-14(18(25)23-10-3-4-11-23)29-20(27)16-8-7-9-17(22-16)21(28)30-15(2)19(26)24-12-5-6-13-24/h7-9,14-15H,3-6,10-13H2,1-2H3/t14-,15-/m0/s1. The Balaban J connectivity index is 1.58. The number of nitrogens with zero attached hydrogens (tertiary/aromatic N) is 3. The minimum Gasteiger partial charge on any atom is -0.448 e. The second-order valence-electron chi connectivity index (χ2n) is 7.57. The van der Waals surface area contributed by atoms with E-state index in [9.17, 15) is 19.2 Å². The normalized spacial score (nSPS) is 18.1. The van der Waals surface area contributed by atoms with Crippen molar-refractivity contribution in [1.29, 1.82) is 0 Å². The maximum absolute atomic E-state index is 12.4. The van der Waals surface area contributed by atoms with Crippen molar-refractivity contribution in [3.8, 4) is 0 Å². The van der Waals surface area contributed by atoms with Crippen molar-refractivity contribution >= 4 is 23.8 Å². The molecule has 30 heavy (non-hydrogen) atoms. The van der Waals surface area contributed by atoms with Crippen LogP contribution in [0.1, 0.15) is 60.5 Å². The molecule has 0 unspecified atom stereocenters. The van der Waals surface area contributed by atoms with E-state index in [-0.39, 0.29) is 23.2 Å². The third-order valence-electron chi connectivity index (χ3n) is 5.27. The number of hydrogen-bond acceptors (Lipinski definition) is 7. The molecule has 2 atom stereocenters. The first kappa shape index (κ1) is 21.7. The molecule has 2 aliphatic heterocycles. The Morgan fingerprint density at radius 3 is 1.50 bits per heavy atom. The average Bonchev–Trinajstić information content (AvgIpc) is 3.46. The van der Waals surface area contributed by atoms with Crippen molar-refractivity contribution in [2.45, 2.75) is 51.7 Å². The first-order chi connectivity index (χ1) is 14.4. The number of pyridine rings is 1. The summed E-state index contributed by atoms with van der Waals surface area (Å²) in [5.74, 6) is -2.09. The van der Waals surface area contributed by atoms with Gasteiger partial charge in [0.15, 0.2) is 12.2 Å². The molecule has 0 aliphatic carbocycles. The molecule has 2 aliphatic rings. The van der Waals surface area contributed by atoms with E-state index in [2.05, 4.69) is 4.98 Å². The summed E-state index contributed by atoms with van der Waals surface area (Å²) in [5, 5.41) is 0. The third kappa shape index (κ3) is 5.14. The molecule has 2 fully saturated rings. The maximum atomic E-state index is 12.4. The highest BCUT2D eigenvalue weighted by Crippen LogP contribution is 2.14. The van der Waals surface area contributed by atoms with E-state index in [1.54, 1.807) is 9.80 Å². The number of carbonyl (C=O) groups excluding carboxylic acids is 4. The van der Waals surface area contributed by atoms with Crippen molar-refractivity contribution in [1.82, 2.24) is 14.8 Å². The Hall–Kier alpha value is -2.97. The fourth-order valence-corrected chi connectivity index (χ4v) is 3.59. The highest BCUT2D eigenvalue weighted by Gasteiger charge is 2.28. The van der Waals surface area contributed by atoms with E-state index < -0.39 is 24.1 Å². The van der Waals surface area contributed by atoms with Gasteiger partial charge in [-0.2, -0.15) is 0 Å². The Labute approximate surface area is 175 Å². The molecule has 0 radical (unpaired) electrons. The number of amides is 2. The number of esters is 2. The van der Waals surface area contributed by atoms with Gasteiger partial charge < -0.3 is 19.3 Å². The van der Waals surface area contributed by atoms with Crippen LogP contribution in [0.15, 0.2) is 18.2 Å². The topological polar surface area (TPSA) is 106 Å². The minimum absolute atomic E-state index is 0.107. The molecule has 2 amide bonds. The summed E-state index contributed by atoms with van der Waals surface area (Å²) < 4.78 is 10.5. The molecule has 9 nitrogen and oxygen atoms in total.